The summed E-state index contributed by atoms with van der Waals surface area (Å²) in [4.78, 5) is 0. The van der Waals surface area contributed by atoms with Gasteiger partial charge in [0.15, 0.2) is 0 Å². The molecular weight excluding hydrogens is 222 g/mol. The predicted octanol–water partition coefficient (Wildman–Crippen LogP) is 3.36. The fourth-order valence-corrected chi connectivity index (χ4v) is 4.49. The summed E-state index contributed by atoms with van der Waals surface area (Å²) in [6.07, 6.45) is 8.80. The van der Waals surface area contributed by atoms with E-state index in [2.05, 4.69) is 26.1 Å². The van der Waals surface area contributed by atoms with E-state index in [4.69, 9.17) is 4.74 Å². The first-order valence-corrected chi connectivity index (χ1v) is 7.94. The van der Waals surface area contributed by atoms with Crippen molar-refractivity contribution in [3.8, 4) is 0 Å². The van der Waals surface area contributed by atoms with Gasteiger partial charge in [0.25, 0.3) is 0 Å². The van der Waals surface area contributed by atoms with Crippen molar-refractivity contribution in [2.45, 2.75) is 71.4 Å². The molecule has 2 aliphatic carbocycles. The molecule has 2 saturated carbocycles. The average Bonchev–Trinajstić information content (AvgIpc) is 3.10. The maximum Gasteiger partial charge on any atom is 0.0684 e. The Hall–Kier alpha value is -0.0800. The lowest BCUT2D eigenvalue weighted by atomic mass is 9.55. The lowest BCUT2D eigenvalue weighted by Crippen LogP contribution is -2.69. The smallest absolute Gasteiger partial charge is 0.0684 e. The highest BCUT2D eigenvalue weighted by Gasteiger charge is 2.58. The molecule has 0 spiro atoms. The standard InChI is InChI=1S/C16H29NO/c1-4-7-16(8-9-16)11-17-13-12-6-5-10-18-14(12)15(13,2)3/h12-14,17H,4-11H2,1-3H3. The van der Waals surface area contributed by atoms with Crippen LogP contribution in [0.2, 0.25) is 0 Å². The van der Waals surface area contributed by atoms with Crippen molar-refractivity contribution in [2.24, 2.45) is 16.7 Å². The summed E-state index contributed by atoms with van der Waals surface area (Å²) < 4.78 is 5.98. The second kappa shape index (κ2) is 4.49. The number of fused-ring (bicyclic) bond motifs is 1. The molecule has 3 aliphatic rings. The third-order valence-electron chi connectivity index (χ3n) is 5.77. The Morgan fingerprint density at radius 3 is 2.72 bits per heavy atom. The van der Waals surface area contributed by atoms with Crippen molar-refractivity contribution in [1.82, 2.24) is 5.32 Å². The summed E-state index contributed by atoms with van der Waals surface area (Å²) in [5.74, 6) is 0.783. The van der Waals surface area contributed by atoms with Gasteiger partial charge in [0.05, 0.1) is 6.10 Å². The average molecular weight is 251 g/mol. The van der Waals surface area contributed by atoms with Crippen molar-refractivity contribution >= 4 is 0 Å². The molecule has 1 aliphatic heterocycles. The molecule has 3 unspecified atom stereocenters. The molecule has 0 aromatic carbocycles. The molecule has 2 heteroatoms. The minimum atomic E-state index is 0.341. The number of ether oxygens (including phenoxy) is 1. The van der Waals surface area contributed by atoms with E-state index in [0.717, 1.165) is 12.5 Å². The molecule has 1 heterocycles. The number of hydrogen-bond donors (Lipinski definition) is 1. The van der Waals surface area contributed by atoms with Crippen LogP contribution in [0.1, 0.15) is 59.3 Å². The summed E-state index contributed by atoms with van der Waals surface area (Å²) >= 11 is 0. The molecular formula is C16H29NO. The Kier molecular flexibility index (Phi) is 3.22. The molecule has 0 bridgehead atoms. The molecule has 2 nitrogen and oxygen atoms in total. The number of rotatable bonds is 5. The van der Waals surface area contributed by atoms with Crippen molar-refractivity contribution in [2.75, 3.05) is 13.2 Å². The minimum Gasteiger partial charge on any atom is -0.377 e. The van der Waals surface area contributed by atoms with Gasteiger partial charge in [-0.1, -0.05) is 27.2 Å². The first kappa shape index (κ1) is 12.9. The number of hydrogen-bond acceptors (Lipinski definition) is 2. The van der Waals surface area contributed by atoms with Crippen LogP contribution in [0.5, 0.6) is 0 Å². The maximum atomic E-state index is 5.98. The minimum absolute atomic E-state index is 0.341. The van der Waals surface area contributed by atoms with Crippen LogP contribution in [-0.2, 0) is 4.74 Å². The summed E-state index contributed by atoms with van der Waals surface area (Å²) in [5.41, 5.74) is 1.01. The van der Waals surface area contributed by atoms with E-state index in [0.29, 0.717) is 23.0 Å². The molecule has 1 saturated heterocycles. The van der Waals surface area contributed by atoms with Crippen LogP contribution in [0, 0.1) is 16.7 Å². The molecule has 104 valence electrons. The molecule has 0 aromatic rings. The van der Waals surface area contributed by atoms with Gasteiger partial charge in [-0.3, -0.25) is 0 Å². The molecule has 3 fully saturated rings. The lowest BCUT2D eigenvalue weighted by molar-refractivity contribution is -0.193. The fourth-order valence-electron chi connectivity index (χ4n) is 4.49. The second-order valence-electron chi connectivity index (χ2n) is 7.53. The van der Waals surface area contributed by atoms with Crippen molar-refractivity contribution < 1.29 is 4.74 Å². The maximum absolute atomic E-state index is 5.98. The van der Waals surface area contributed by atoms with E-state index >= 15 is 0 Å². The van der Waals surface area contributed by atoms with Gasteiger partial charge in [0.2, 0.25) is 0 Å². The largest absolute Gasteiger partial charge is 0.377 e. The molecule has 3 atom stereocenters. The quantitative estimate of drug-likeness (QED) is 0.809. The van der Waals surface area contributed by atoms with Crippen LogP contribution in [0.25, 0.3) is 0 Å². The van der Waals surface area contributed by atoms with Crippen molar-refractivity contribution in [3.63, 3.8) is 0 Å². The Morgan fingerprint density at radius 2 is 2.06 bits per heavy atom. The highest BCUT2D eigenvalue weighted by molar-refractivity contribution is 5.11. The number of nitrogens with one attached hydrogen (secondary N) is 1. The second-order valence-corrected chi connectivity index (χ2v) is 7.53. The molecule has 1 N–H and O–H groups in total. The summed E-state index contributed by atoms with van der Waals surface area (Å²) in [7, 11) is 0. The zero-order chi connectivity index (χ0) is 12.8. The Balaban J connectivity index is 1.56. The van der Waals surface area contributed by atoms with E-state index < -0.39 is 0 Å². The third-order valence-corrected chi connectivity index (χ3v) is 5.77. The fraction of sp³-hybridized carbons (Fsp3) is 1.00. The molecule has 3 rings (SSSR count). The van der Waals surface area contributed by atoms with Gasteiger partial charge in [-0.2, -0.15) is 0 Å². The topological polar surface area (TPSA) is 21.3 Å². The molecule has 0 aromatic heterocycles. The van der Waals surface area contributed by atoms with E-state index in [9.17, 15) is 0 Å². The van der Waals surface area contributed by atoms with Crippen LogP contribution in [0.3, 0.4) is 0 Å². The molecule has 18 heavy (non-hydrogen) atoms. The van der Waals surface area contributed by atoms with Gasteiger partial charge in [-0.25, -0.2) is 0 Å². The Bertz CT molecular complexity index is 308. The lowest BCUT2D eigenvalue weighted by Gasteiger charge is -2.60. The van der Waals surface area contributed by atoms with Crippen molar-refractivity contribution in [3.05, 3.63) is 0 Å². The van der Waals surface area contributed by atoms with Crippen LogP contribution in [0.4, 0.5) is 0 Å². The van der Waals surface area contributed by atoms with Gasteiger partial charge >= 0.3 is 0 Å². The SMILES string of the molecule is CCCC1(CNC2C3CCCOC3C2(C)C)CC1. The van der Waals surface area contributed by atoms with Gasteiger partial charge in [0, 0.05) is 30.5 Å². The highest BCUT2D eigenvalue weighted by atomic mass is 16.5. The van der Waals surface area contributed by atoms with Crippen LogP contribution in [0.15, 0.2) is 0 Å². The zero-order valence-electron chi connectivity index (χ0n) is 12.3. The third kappa shape index (κ3) is 2.02. The summed E-state index contributed by atoms with van der Waals surface area (Å²) in [6.45, 7) is 9.32. The van der Waals surface area contributed by atoms with E-state index in [1.54, 1.807) is 0 Å². The first-order chi connectivity index (χ1) is 8.59. The zero-order valence-corrected chi connectivity index (χ0v) is 12.3. The van der Waals surface area contributed by atoms with Crippen LogP contribution < -0.4 is 5.32 Å². The van der Waals surface area contributed by atoms with E-state index in [1.165, 1.54) is 45.1 Å². The highest BCUT2D eigenvalue weighted by Crippen LogP contribution is 2.53. The van der Waals surface area contributed by atoms with Gasteiger partial charge in [-0.15, -0.1) is 0 Å². The molecule has 0 radical (unpaired) electrons. The first-order valence-electron chi connectivity index (χ1n) is 7.94. The normalized spacial score (nSPS) is 39.8. The van der Waals surface area contributed by atoms with E-state index in [1.807, 2.05) is 0 Å². The molecule has 0 amide bonds. The summed E-state index contributed by atoms with van der Waals surface area (Å²) in [5, 5.41) is 3.92. The van der Waals surface area contributed by atoms with Crippen LogP contribution in [-0.4, -0.2) is 25.3 Å². The van der Waals surface area contributed by atoms with Crippen molar-refractivity contribution in [1.29, 1.82) is 0 Å². The van der Waals surface area contributed by atoms with Gasteiger partial charge in [-0.05, 0) is 37.5 Å². The van der Waals surface area contributed by atoms with E-state index in [-0.39, 0.29) is 0 Å². The monoisotopic (exact) mass is 251 g/mol. The Morgan fingerprint density at radius 1 is 1.28 bits per heavy atom. The van der Waals surface area contributed by atoms with Crippen LogP contribution >= 0.6 is 0 Å². The Labute approximate surface area is 112 Å². The predicted molar refractivity (Wildman–Crippen MR) is 74.6 cm³/mol. The van der Waals surface area contributed by atoms with Gasteiger partial charge in [0.1, 0.15) is 0 Å². The van der Waals surface area contributed by atoms with Gasteiger partial charge < -0.3 is 10.1 Å². The summed E-state index contributed by atoms with van der Waals surface area (Å²) in [6, 6.07) is 0.692.